The van der Waals surface area contributed by atoms with Gasteiger partial charge in [0.15, 0.2) is 6.10 Å². The number of imide groups is 1. The van der Waals surface area contributed by atoms with Crippen LogP contribution in [0.1, 0.15) is 140 Å². The fraction of sp³-hybridized carbons (Fsp3) is 0.538. The Morgan fingerprint density at radius 3 is 2.08 bits per heavy atom. The van der Waals surface area contributed by atoms with Gasteiger partial charge in [-0.25, -0.2) is 19.9 Å². The van der Waals surface area contributed by atoms with Gasteiger partial charge >= 0.3 is 12.2 Å². The highest BCUT2D eigenvalue weighted by Gasteiger charge is 2.25. The number of hydrogen-bond donors (Lipinski definition) is 2. The maximum Gasteiger partial charge on any atom is 0.417 e. The van der Waals surface area contributed by atoms with Gasteiger partial charge in [-0.15, -0.1) is 0 Å². The number of H-pyrrole nitrogens is 1. The molecule has 2 N–H and O–H groups in total. The molecule has 1 atom stereocenters. The lowest BCUT2D eigenvalue weighted by atomic mass is 10.1. The molecule has 0 radical (unpaired) electrons. The van der Waals surface area contributed by atoms with Crippen molar-refractivity contribution in [3.05, 3.63) is 82.0 Å². The number of imidazole rings is 1. The average Bonchev–Trinajstić information content (AvgIpc) is 3.50. The molecular formula is C39H54Cl2N4O4S. The molecular weight excluding hydrogens is 691 g/mol. The minimum absolute atomic E-state index is 0.0977. The lowest BCUT2D eigenvalue weighted by Crippen LogP contribution is -2.33. The number of aromatic nitrogens is 3. The Labute approximate surface area is 312 Å². The van der Waals surface area contributed by atoms with Crippen molar-refractivity contribution in [3.8, 4) is 0 Å². The molecule has 8 nitrogen and oxygen atoms in total. The van der Waals surface area contributed by atoms with Crippen LogP contribution in [-0.4, -0.2) is 33.7 Å². The number of amides is 2. The van der Waals surface area contributed by atoms with E-state index in [-0.39, 0.29) is 12.5 Å². The molecule has 0 saturated heterocycles. The first-order valence-electron chi connectivity index (χ1n) is 18.2. The zero-order valence-corrected chi connectivity index (χ0v) is 32.2. The second kappa shape index (κ2) is 24.2. The van der Waals surface area contributed by atoms with Gasteiger partial charge in [-0.1, -0.05) is 126 Å². The summed E-state index contributed by atoms with van der Waals surface area (Å²) < 4.78 is 11.0. The van der Waals surface area contributed by atoms with E-state index >= 15 is 0 Å². The monoisotopic (exact) mass is 744 g/mol. The van der Waals surface area contributed by atoms with Gasteiger partial charge in [0.25, 0.3) is 0 Å². The minimum atomic E-state index is -0.909. The van der Waals surface area contributed by atoms with Crippen molar-refractivity contribution in [2.75, 3.05) is 6.61 Å². The number of allylic oxidation sites excluding steroid dienone is 2. The van der Waals surface area contributed by atoms with Gasteiger partial charge in [0.1, 0.15) is 10.9 Å². The van der Waals surface area contributed by atoms with Crippen molar-refractivity contribution >= 4 is 47.2 Å². The highest BCUT2D eigenvalue weighted by atomic mass is 35.5. The van der Waals surface area contributed by atoms with Gasteiger partial charge in [-0.05, 0) is 73.9 Å². The lowest BCUT2D eigenvalue weighted by Gasteiger charge is -2.16. The van der Waals surface area contributed by atoms with E-state index in [9.17, 15) is 9.59 Å². The molecule has 0 spiro atoms. The number of carbonyl (C=O) groups is 2. The second-order valence-electron chi connectivity index (χ2n) is 12.9. The number of carbonyl (C=O) groups excluding carboxylic acids is 2. The van der Waals surface area contributed by atoms with E-state index in [0.29, 0.717) is 27.3 Å². The third kappa shape index (κ3) is 16.8. The first kappa shape index (κ1) is 41.4. The molecule has 0 fully saturated rings. The number of aromatic amines is 1. The molecule has 274 valence electrons. The summed E-state index contributed by atoms with van der Waals surface area (Å²) in [7, 11) is 0. The van der Waals surface area contributed by atoms with Crippen molar-refractivity contribution in [1.82, 2.24) is 20.3 Å². The molecule has 2 heterocycles. The number of alkyl carbamates (subject to hydrolysis) is 2. The summed E-state index contributed by atoms with van der Waals surface area (Å²) in [5.74, 6) is 0.550. The van der Waals surface area contributed by atoms with E-state index in [1.165, 1.54) is 76.0 Å². The SMILES string of the molecule is CCCCCCCC/C=C\CCCCCCCCOC(=O)NC(=O)OC(Cc1ccncc1)c1nc(Sc2cc(Cl)cc(Cl)c2)c(C(C)C)[nH]1. The molecule has 0 saturated carbocycles. The van der Waals surface area contributed by atoms with Crippen molar-refractivity contribution in [1.29, 1.82) is 0 Å². The van der Waals surface area contributed by atoms with Crippen LogP contribution in [0.5, 0.6) is 0 Å². The lowest BCUT2D eigenvalue weighted by molar-refractivity contribution is 0.0870. The number of halogens is 2. The molecule has 1 aromatic carbocycles. The van der Waals surface area contributed by atoms with Crippen LogP contribution in [-0.2, 0) is 15.9 Å². The Kier molecular flexibility index (Phi) is 20.1. The molecule has 0 aliphatic carbocycles. The molecule has 2 amide bonds. The van der Waals surface area contributed by atoms with Crippen molar-refractivity contribution in [3.63, 3.8) is 0 Å². The number of pyridine rings is 1. The number of ether oxygens (including phenoxy) is 2. The van der Waals surface area contributed by atoms with E-state index < -0.39 is 18.3 Å². The van der Waals surface area contributed by atoms with Gasteiger partial charge in [0, 0.05) is 33.8 Å². The Hall–Kier alpha value is -3.01. The van der Waals surface area contributed by atoms with Crippen LogP contribution < -0.4 is 5.32 Å². The topological polar surface area (TPSA) is 106 Å². The van der Waals surface area contributed by atoms with Gasteiger partial charge < -0.3 is 14.5 Å². The van der Waals surface area contributed by atoms with E-state index in [0.717, 1.165) is 41.8 Å². The second-order valence-corrected chi connectivity index (χ2v) is 14.8. The van der Waals surface area contributed by atoms with Crippen LogP contribution in [0.15, 0.2) is 64.8 Å². The summed E-state index contributed by atoms with van der Waals surface area (Å²) in [6.07, 6.45) is 22.6. The van der Waals surface area contributed by atoms with Gasteiger partial charge in [0.05, 0.1) is 12.3 Å². The number of nitrogens with one attached hydrogen (secondary N) is 2. The molecule has 3 aromatic rings. The molecule has 0 aliphatic heterocycles. The molecule has 0 bridgehead atoms. The highest BCUT2D eigenvalue weighted by molar-refractivity contribution is 7.99. The quantitative estimate of drug-likeness (QED) is 0.0735. The van der Waals surface area contributed by atoms with E-state index in [2.05, 4.69) is 34.4 Å². The van der Waals surface area contributed by atoms with Crippen molar-refractivity contribution in [2.45, 2.75) is 139 Å². The predicted octanol–water partition coefficient (Wildman–Crippen LogP) is 12.6. The molecule has 11 heteroatoms. The Bertz CT molecular complexity index is 1430. The van der Waals surface area contributed by atoms with Crippen LogP contribution in [0, 0.1) is 0 Å². The van der Waals surface area contributed by atoms with Crippen LogP contribution >= 0.6 is 35.0 Å². The first-order chi connectivity index (χ1) is 24.2. The van der Waals surface area contributed by atoms with E-state index in [4.69, 9.17) is 37.7 Å². The third-order valence-electron chi connectivity index (χ3n) is 8.16. The van der Waals surface area contributed by atoms with Gasteiger partial charge in [0.2, 0.25) is 0 Å². The number of benzene rings is 1. The maximum atomic E-state index is 12.9. The van der Waals surface area contributed by atoms with E-state index in [1.54, 1.807) is 18.5 Å². The van der Waals surface area contributed by atoms with Gasteiger partial charge in [-0.2, -0.15) is 0 Å². The average molecular weight is 746 g/mol. The van der Waals surface area contributed by atoms with Crippen LogP contribution in [0.4, 0.5) is 9.59 Å². The van der Waals surface area contributed by atoms with Crippen molar-refractivity contribution in [2.24, 2.45) is 0 Å². The standard InChI is InChI=1S/C39H54Cl2N4O4S/c1-4-5-6-7-8-9-10-11-12-13-14-15-16-17-18-19-24-48-38(46)45-39(47)49-34(25-30-20-22-42-23-21-30)36-43-35(29(2)3)37(44-36)50-33-27-31(40)26-32(41)28-33/h11-12,20-23,26-29,34H,4-10,13-19,24-25H2,1-3H3,(H,43,44)(H,45,46,47)/b12-11-. The van der Waals surface area contributed by atoms with Crippen LogP contribution in [0.2, 0.25) is 10.0 Å². The number of hydrogen-bond acceptors (Lipinski definition) is 7. The predicted molar refractivity (Wildman–Crippen MR) is 204 cm³/mol. The molecule has 50 heavy (non-hydrogen) atoms. The van der Waals surface area contributed by atoms with Gasteiger partial charge in [-0.3, -0.25) is 4.98 Å². The zero-order chi connectivity index (χ0) is 36.0. The summed E-state index contributed by atoms with van der Waals surface area (Å²) in [4.78, 5) is 38.4. The summed E-state index contributed by atoms with van der Waals surface area (Å²) in [5, 5.41) is 3.96. The first-order valence-corrected chi connectivity index (χ1v) is 19.7. The Morgan fingerprint density at radius 1 is 0.860 bits per heavy atom. The summed E-state index contributed by atoms with van der Waals surface area (Å²) >= 11 is 13.9. The highest BCUT2D eigenvalue weighted by Crippen LogP contribution is 2.36. The molecule has 0 aliphatic rings. The maximum absolute atomic E-state index is 12.9. The number of unbranched alkanes of at least 4 members (excludes halogenated alkanes) is 12. The zero-order valence-electron chi connectivity index (χ0n) is 29.9. The van der Waals surface area contributed by atoms with Crippen LogP contribution in [0.3, 0.4) is 0 Å². The summed E-state index contributed by atoms with van der Waals surface area (Å²) in [5.41, 5.74) is 1.76. The fourth-order valence-electron chi connectivity index (χ4n) is 5.43. The van der Waals surface area contributed by atoms with Crippen LogP contribution in [0.25, 0.3) is 0 Å². The third-order valence-corrected chi connectivity index (χ3v) is 9.57. The normalized spacial score (nSPS) is 12.0. The van der Waals surface area contributed by atoms with E-state index in [1.807, 2.05) is 38.1 Å². The Balaban J connectivity index is 1.41. The summed E-state index contributed by atoms with van der Waals surface area (Å²) in [6.45, 7) is 6.59. The van der Waals surface area contributed by atoms with Crippen molar-refractivity contribution < 1.29 is 19.1 Å². The fourth-order valence-corrected chi connectivity index (χ4v) is 7.22. The smallest absolute Gasteiger partial charge is 0.417 e. The molecule has 3 rings (SSSR count). The minimum Gasteiger partial charge on any atom is -0.449 e. The molecule has 2 aromatic heterocycles. The molecule has 1 unspecified atom stereocenters. The summed E-state index contributed by atoms with van der Waals surface area (Å²) in [6, 6.07) is 8.99. The largest absolute Gasteiger partial charge is 0.449 e. The Morgan fingerprint density at radius 2 is 1.46 bits per heavy atom. The number of rotatable bonds is 23. The number of nitrogens with zero attached hydrogens (tertiary/aromatic N) is 2.